The van der Waals surface area contributed by atoms with Crippen molar-refractivity contribution in [1.29, 1.82) is 0 Å². The molecule has 1 spiro atoms. The van der Waals surface area contributed by atoms with Crippen molar-refractivity contribution in [3.8, 4) is 22.3 Å². The molecule has 238 valence electrons. The average Bonchev–Trinajstić information content (AvgIpc) is 3.67. The van der Waals surface area contributed by atoms with Gasteiger partial charge in [-0.15, -0.1) is 0 Å². The Balaban J connectivity index is 1.29. The SMILES string of the molecule is Cc1ccccc1N(c1ccccc1)c1ccc2c3c(ccc2c1)-c1c(c2ccccc2c2ccccc12)C31c2ccccc2-c2ccccc21. The van der Waals surface area contributed by atoms with Gasteiger partial charge in [-0.1, -0.05) is 152 Å². The summed E-state index contributed by atoms with van der Waals surface area (Å²) in [6.45, 7) is 2.20. The second kappa shape index (κ2) is 10.5. The maximum Gasteiger partial charge on any atom is 0.0737 e. The molecule has 0 aromatic heterocycles. The van der Waals surface area contributed by atoms with Crippen LogP contribution >= 0.6 is 0 Å². The number of fused-ring (bicyclic) bond motifs is 17. The minimum absolute atomic E-state index is 0.475. The summed E-state index contributed by atoms with van der Waals surface area (Å²) in [6.07, 6.45) is 0. The summed E-state index contributed by atoms with van der Waals surface area (Å²) in [6, 6.07) is 67.7. The van der Waals surface area contributed by atoms with Gasteiger partial charge in [-0.3, -0.25) is 0 Å². The van der Waals surface area contributed by atoms with E-state index in [2.05, 4.69) is 194 Å². The molecule has 2 aliphatic rings. The molecule has 0 saturated heterocycles. The molecule has 0 radical (unpaired) electrons. The van der Waals surface area contributed by atoms with E-state index in [0.717, 1.165) is 11.4 Å². The predicted octanol–water partition coefficient (Wildman–Crippen LogP) is 13.3. The fourth-order valence-electron chi connectivity index (χ4n) is 9.60. The number of hydrogen-bond acceptors (Lipinski definition) is 1. The van der Waals surface area contributed by atoms with E-state index in [0.29, 0.717) is 0 Å². The van der Waals surface area contributed by atoms with E-state index in [9.17, 15) is 0 Å². The van der Waals surface area contributed by atoms with Crippen molar-refractivity contribution in [1.82, 2.24) is 0 Å². The van der Waals surface area contributed by atoms with Crippen LogP contribution in [-0.2, 0) is 5.41 Å². The first kappa shape index (κ1) is 28.4. The highest BCUT2D eigenvalue weighted by Gasteiger charge is 2.53. The van der Waals surface area contributed by atoms with Crippen LogP contribution < -0.4 is 4.90 Å². The van der Waals surface area contributed by atoms with Crippen LogP contribution in [0.25, 0.3) is 54.6 Å². The number of rotatable bonds is 3. The minimum Gasteiger partial charge on any atom is -0.310 e. The monoisotopic (exact) mass is 647 g/mol. The highest BCUT2D eigenvalue weighted by atomic mass is 15.1. The molecular formula is C50H33N. The van der Waals surface area contributed by atoms with Crippen molar-refractivity contribution < 1.29 is 0 Å². The molecule has 1 heteroatoms. The zero-order valence-corrected chi connectivity index (χ0v) is 28.3. The number of aryl methyl sites for hydroxylation is 1. The lowest BCUT2D eigenvalue weighted by molar-refractivity contribution is 0.809. The van der Waals surface area contributed by atoms with Crippen molar-refractivity contribution in [3.63, 3.8) is 0 Å². The Kier molecular flexibility index (Phi) is 5.86. The normalized spacial score (nSPS) is 13.4. The van der Waals surface area contributed by atoms with E-state index in [1.54, 1.807) is 0 Å². The number of hydrogen-bond donors (Lipinski definition) is 0. The first-order chi connectivity index (χ1) is 25.2. The fourth-order valence-corrected chi connectivity index (χ4v) is 9.60. The second-order valence-electron chi connectivity index (χ2n) is 14.0. The highest BCUT2D eigenvalue weighted by Crippen LogP contribution is 2.66. The molecule has 0 bridgehead atoms. The predicted molar refractivity (Wildman–Crippen MR) is 215 cm³/mol. The molecule has 51 heavy (non-hydrogen) atoms. The minimum atomic E-state index is -0.475. The third-order valence-electron chi connectivity index (χ3n) is 11.5. The fraction of sp³-hybridized carbons (Fsp3) is 0.0400. The molecular weight excluding hydrogens is 615 g/mol. The molecule has 0 heterocycles. The van der Waals surface area contributed by atoms with Gasteiger partial charge in [0.15, 0.2) is 0 Å². The summed E-state index contributed by atoms with van der Waals surface area (Å²) < 4.78 is 0. The maximum atomic E-state index is 2.42. The number of benzene rings is 9. The molecule has 9 aromatic carbocycles. The first-order valence-corrected chi connectivity index (χ1v) is 17.9. The summed E-state index contributed by atoms with van der Waals surface area (Å²) in [5, 5.41) is 7.80. The Morgan fingerprint density at radius 1 is 0.392 bits per heavy atom. The van der Waals surface area contributed by atoms with E-state index in [1.165, 1.54) is 88.1 Å². The summed E-state index contributed by atoms with van der Waals surface area (Å²) in [7, 11) is 0. The standard InChI is InChI=1S/C50H33N/c1-32-15-5-14-26-46(32)51(34-16-3-2-4-17-34)35-28-30-36-33(31-35)27-29-43-47-41-22-8-6-18-37(41)38-19-7-9-23-42(38)49(47)50(48(36)43)44-24-12-10-20-39(44)40-21-11-13-25-45(40)50/h2-31H,1H3. The van der Waals surface area contributed by atoms with Gasteiger partial charge in [-0.05, 0) is 120 Å². The Labute approximate surface area is 297 Å². The van der Waals surface area contributed by atoms with Gasteiger partial charge in [0.2, 0.25) is 0 Å². The van der Waals surface area contributed by atoms with Gasteiger partial charge in [-0.25, -0.2) is 0 Å². The molecule has 0 fully saturated rings. The Morgan fingerprint density at radius 3 is 1.71 bits per heavy atom. The summed E-state index contributed by atoms with van der Waals surface area (Å²) in [5.41, 5.74) is 15.1. The van der Waals surface area contributed by atoms with Crippen molar-refractivity contribution in [2.75, 3.05) is 4.90 Å². The van der Waals surface area contributed by atoms with Crippen LogP contribution in [0.1, 0.15) is 27.8 Å². The van der Waals surface area contributed by atoms with Crippen molar-refractivity contribution >= 4 is 49.4 Å². The van der Waals surface area contributed by atoms with Gasteiger partial charge in [-0.2, -0.15) is 0 Å². The van der Waals surface area contributed by atoms with Gasteiger partial charge in [0.1, 0.15) is 0 Å². The van der Waals surface area contributed by atoms with Crippen LogP contribution in [-0.4, -0.2) is 0 Å². The Hall–Kier alpha value is -6.44. The number of para-hydroxylation sites is 2. The van der Waals surface area contributed by atoms with Crippen LogP contribution in [0.15, 0.2) is 182 Å². The molecule has 11 rings (SSSR count). The summed E-state index contributed by atoms with van der Waals surface area (Å²) in [5.74, 6) is 0. The lowest BCUT2D eigenvalue weighted by atomic mass is 9.68. The lowest BCUT2D eigenvalue weighted by Crippen LogP contribution is -2.26. The third-order valence-corrected chi connectivity index (χ3v) is 11.5. The largest absolute Gasteiger partial charge is 0.310 e. The molecule has 2 aliphatic carbocycles. The van der Waals surface area contributed by atoms with Gasteiger partial charge in [0.25, 0.3) is 0 Å². The lowest BCUT2D eigenvalue weighted by Gasteiger charge is -2.33. The van der Waals surface area contributed by atoms with E-state index in [1.807, 2.05) is 0 Å². The number of nitrogens with zero attached hydrogens (tertiary/aromatic N) is 1. The quantitative estimate of drug-likeness (QED) is 0.173. The van der Waals surface area contributed by atoms with E-state index in [-0.39, 0.29) is 0 Å². The molecule has 0 unspecified atom stereocenters. The van der Waals surface area contributed by atoms with Gasteiger partial charge >= 0.3 is 0 Å². The van der Waals surface area contributed by atoms with Gasteiger partial charge in [0, 0.05) is 17.1 Å². The molecule has 9 aromatic rings. The summed E-state index contributed by atoms with van der Waals surface area (Å²) in [4.78, 5) is 2.40. The Morgan fingerprint density at radius 2 is 0.980 bits per heavy atom. The highest BCUT2D eigenvalue weighted by molar-refractivity contribution is 6.21. The van der Waals surface area contributed by atoms with Crippen molar-refractivity contribution in [2.45, 2.75) is 12.3 Å². The van der Waals surface area contributed by atoms with Crippen LogP contribution in [0, 0.1) is 6.92 Å². The van der Waals surface area contributed by atoms with E-state index < -0.39 is 5.41 Å². The molecule has 0 aliphatic heterocycles. The smallest absolute Gasteiger partial charge is 0.0737 e. The van der Waals surface area contributed by atoms with Crippen molar-refractivity contribution in [2.24, 2.45) is 0 Å². The van der Waals surface area contributed by atoms with Crippen molar-refractivity contribution in [3.05, 3.63) is 210 Å². The summed E-state index contributed by atoms with van der Waals surface area (Å²) >= 11 is 0. The molecule has 0 saturated carbocycles. The van der Waals surface area contributed by atoms with Gasteiger partial charge < -0.3 is 4.90 Å². The molecule has 0 amide bonds. The van der Waals surface area contributed by atoms with Crippen LogP contribution in [0.2, 0.25) is 0 Å². The average molecular weight is 648 g/mol. The molecule has 0 N–H and O–H groups in total. The molecule has 1 nitrogen and oxygen atoms in total. The zero-order valence-electron chi connectivity index (χ0n) is 28.3. The van der Waals surface area contributed by atoms with Crippen LogP contribution in [0.3, 0.4) is 0 Å². The zero-order chi connectivity index (χ0) is 33.7. The topological polar surface area (TPSA) is 3.24 Å². The third kappa shape index (κ3) is 3.70. The van der Waals surface area contributed by atoms with Crippen LogP contribution in [0.4, 0.5) is 17.1 Å². The molecule has 0 atom stereocenters. The Bertz CT molecular complexity index is 2840. The van der Waals surface area contributed by atoms with Crippen LogP contribution in [0.5, 0.6) is 0 Å². The maximum absolute atomic E-state index is 2.42. The van der Waals surface area contributed by atoms with Gasteiger partial charge in [0.05, 0.1) is 5.41 Å². The van der Waals surface area contributed by atoms with E-state index in [4.69, 9.17) is 0 Å². The number of anilines is 3. The second-order valence-corrected chi connectivity index (χ2v) is 14.0. The first-order valence-electron chi connectivity index (χ1n) is 17.9. The van der Waals surface area contributed by atoms with E-state index >= 15 is 0 Å².